The van der Waals surface area contributed by atoms with E-state index in [1.165, 1.54) is 23.8 Å². The van der Waals surface area contributed by atoms with Crippen LogP contribution in [0, 0.1) is 13.8 Å². The van der Waals surface area contributed by atoms with Crippen LogP contribution in [-0.2, 0) is 6.61 Å². The second-order valence-corrected chi connectivity index (χ2v) is 6.80. The van der Waals surface area contributed by atoms with Crippen LogP contribution in [0.1, 0.15) is 32.6 Å². The Hall–Kier alpha value is -3.53. The fourth-order valence-corrected chi connectivity index (χ4v) is 2.94. The molecule has 148 valence electrons. The van der Waals surface area contributed by atoms with Crippen LogP contribution in [0.4, 0.5) is 0 Å². The van der Waals surface area contributed by atoms with Gasteiger partial charge in [0.2, 0.25) is 0 Å². The Kier molecular flexibility index (Phi) is 6.35. The Morgan fingerprint density at radius 1 is 1.00 bits per heavy atom. The van der Waals surface area contributed by atoms with Gasteiger partial charge in [-0.1, -0.05) is 24.3 Å². The van der Waals surface area contributed by atoms with E-state index in [-0.39, 0.29) is 11.5 Å². The van der Waals surface area contributed by atoms with Crippen molar-refractivity contribution in [3.63, 3.8) is 0 Å². The number of ketones is 1. The van der Waals surface area contributed by atoms with Gasteiger partial charge in [-0.25, -0.2) is 0 Å². The Bertz CT molecular complexity index is 1030. The van der Waals surface area contributed by atoms with Gasteiger partial charge < -0.3 is 14.6 Å². The molecule has 0 saturated heterocycles. The van der Waals surface area contributed by atoms with Gasteiger partial charge in [-0.15, -0.1) is 0 Å². The Morgan fingerprint density at radius 2 is 1.76 bits per heavy atom. The minimum atomic E-state index is -0.131. The van der Waals surface area contributed by atoms with Gasteiger partial charge >= 0.3 is 0 Å². The van der Waals surface area contributed by atoms with Gasteiger partial charge in [0.25, 0.3) is 0 Å². The number of hydrogen-bond acceptors (Lipinski definition) is 4. The van der Waals surface area contributed by atoms with Gasteiger partial charge in [-0.05, 0) is 79.1 Å². The highest BCUT2D eigenvalue weighted by Crippen LogP contribution is 2.26. The molecule has 0 aromatic heterocycles. The largest absolute Gasteiger partial charge is 0.508 e. The molecule has 0 fully saturated rings. The van der Waals surface area contributed by atoms with Crippen molar-refractivity contribution in [2.45, 2.75) is 20.5 Å². The lowest BCUT2D eigenvalue weighted by atomic mass is 10.1. The molecule has 1 N–H and O–H groups in total. The van der Waals surface area contributed by atoms with Gasteiger partial charge in [-0.3, -0.25) is 4.79 Å². The van der Waals surface area contributed by atoms with E-state index in [9.17, 15) is 9.90 Å². The van der Waals surface area contributed by atoms with Crippen LogP contribution in [0.25, 0.3) is 6.08 Å². The molecule has 0 radical (unpaired) electrons. The third-order valence-electron chi connectivity index (χ3n) is 4.82. The van der Waals surface area contributed by atoms with E-state index >= 15 is 0 Å². The SMILES string of the molecule is COc1ccc(/C=C/C(=O)c2ccc(O)cc2)cc1COc1cccc(C)c1C. The molecule has 29 heavy (non-hydrogen) atoms. The summed E-state index contributed by atoms with van der Waals surface area (Å²) in [6.07, 6.45) is 3.28. The molecule has 0 bridgehead atoms. The van der Waals surface area contributed by atoms with Gasteiger partial charge in [0.05, 0.1) is 7.11 Å². The lowest BCUT2D eigenvalue weighted by Gasteiger charge is -2.13. The summed E-state index contributed by atoms with van der Waals surface area (Å²) in [5.74, 6) is 1.58. The molecule has 0 aliphatic heterocycles. The second-order valence-electron chi connectivity index (χ2n) is 6.80. The molecular formula is C25H24O4. The molecule has 4 nitrogen and oxygen atoms in total. The topological polar surface area (TPSA) is 55.8 Å². The van der Waals surface area contributed by atoms with Crippen LogP contribution in [0.15, 0.2) is 66.7 Å². The summed E-state index contributed by atoms with van der Waals surface area (Å²) in [6, 6.07) is 17.9. The van der Waals surface area contributed by atoms with Crippen molar-refractivity contribution < 1.29 is 19.4 Å². The fourth-order valence-electron chi connectivity index (χ4n) is 2.94. The second kappa shape index (κ2) is 9.11. The first-order valence-corrected chi connectivity index (χ1v) is 9.35. The number of allylic oxidation sites excluding steroid dienone is 1. The number of hydrogen-bond donors (Lipinski definition) is 1. The first kappa shape index (κ1) is 20.2. The zero-order valence-corrected chi connectivity index (χ0v) is 16.8. The molecule has 0 amide bonds. The van der Waals surface area contributed by atoms with Crippen LogP contribution in [0.5, 0.6) is 17.2 Å². The number of carbonyl (C=O) groups excluding carboxylic acids is 1. The molecule has 4 heteroatoms. The van der Waals surface area contributed by atoms with Crippen molar-refractivity contribution >= 4 is 11.9 Å². The number of methoxy groups -OCH3 is 1. The summed E-state index contributed by atoms with van der Waals surface area (Å²) in [7, 11) is 1.63. The van der Waals surface area contributed by atoms with E-state index in [0.717, 1.165) is 28.2 Å². The molecule has 0 spiro atoms. The fraction of sp³-hybridized carbons (Fsp3) is 0.160. The third kappa shape index (κ3) is 5.05. The van der Waals surface area contributed by atoms with Crippen molar-refractivity contribution in [1.82, 2.24) is 0 Å². The van der Waals surface area contributed by atoms with Crippen LogP contribution >= 0.6 is 0 Å². The summed E-state index contributed by atoms with van der Waals surface area (Å²) < 4.78 is 11.5. The third-order valence-corrected chi connectivity index (χ3v) is 4.82. The van der Waals surface area contributed by atoms with E-state index in [2.05, 4.69) is 13.0 Å². The standard InChI is InChI=1S/C25H24O4/c1-17-5-4-6-24(18(17)2)29-16-21-15-19(8-14-25(21)28-3)7-13-23(27)20-9-11-22(26)12-10-20/h4-15,26H,16H2,1-3H3/b13-7+. The molecule has 3 aromatic carbocycles. The van der Waals surface area contributed by atoms with Crippen LogP contribution in [-0.4, -0.2) is 18.0 Å². The van der Waals surface area contributed by atoms with Crippen LogP contribution < -0.4 is 9.47 Å². The molecule has 0 aliphatic rings. The number of rotatable bonds is 7. The van der Waals surface area contributed by atoms with E-state index in [1.54, 1.807) is 25.3 Å². The molecular weight excluding hydrogens is 364 g/mol. The van der Waals surface area contributed by atoms with Crippen LogP contribution in [0.3, 0.4) is 0 Å². The monoisotopic (exact) mass is 388 g/mol. The zero-order chi connectivity index (χ0) is 20.8. The first-order valence-electron chi connectivity index (χ1n) is 9.35. The minimum absolute atomic E-state index is 0.131. The predicted octanol–water partition coefficient (Wildman–Crippen LogP) is 5.49. The normalized spacial score (nSPS) is 10.9. The number of carbonyl (C=O) groups is 1. The van der Waals surface area contributed by atoms with E-state index in [4.69, 9.17) is 9.47 Å². The quantitative estimate of drug-likeness (QED) is 0.429. The lowest BCUT2D eigenvalue weighted by Crippen LogP contribution is -2.01. The van der Waals surface area contributed by atoms with Crippen molar-refractivity contribution in [1.29, 1.82) is 0 Å². The first-order chi connectivity index (χ1) is 14.0. The maximum atomic E-state index is 12.3. The predicted molar refractivity (Wildman–Crippen MR) is 115 cm³/mol. The van der Waals surface area contributed by atoms with Crippen molar-refractivity contribution in [3.8, 4) is 17.2 Å². The molecule has 0 atom stereocenters. The Morgan fingerprint density at radius 3 is 2.48 bits per heavy atom. The zero-order valence-electron chi connectivity index (χ0n) is 16.8. The van der Waals surface area contributed by atoms with E-state index in [1.807, 2.05) is 37.3 Å². The van der Waals surface area contributed by atoms with Gasteiger partial charge in [0.15, 0.2) is 5.78 Å². The van der Waals surface area contributed by atoms with Gasteiger partial charge in [0, 0.05) is 11.1 Å². The maximum Gasteiger partial charge on any atom is 0.185 e. The van der Waals surface area contributed by atoms with Gasteiger partial charge in [-0.2, -0.15) is 0 Å². The Balaban J connectivity index is 1.76. The summed E-state index contributed by atoms with van der Waals surface area (Å²) in [5, 5.41) is 9.34. The number of benzene rings is 3. The molecule has 0 unspecified atom stereocenters. The smallest absolute Gasteiger partial charge is 0.185 e. The van der Waals surface area contributed by atoms with Crippen molar-refractivity contribution in [3.05, 3.63) is 94.6 Å². The molecule has 0 heterocycles. The lowest BCUT2D eigenvalue weighted by molar-refractivity contribution is 0.104. The highest BCUT2D eigenvalue weighted by molar-refractivity contribution is 6.06. The summed E-state index contributed by atoms with van der Waals surface area (Å²) >= 11 is 0. The number of aryl methyl sites for hydroxylation is 1. The van der Waals surface area contributed by atoms with E-state index in [0.29, 0.717) is 12.2 Å². The summed E-state index contributed by atoms with van der Waals surface area (Å²) in [5.41, 5.74) is 4.58. The average Bonchev–Trinajstić information content (AvgIpc) is 2.73. The number of phenolic OH excluding ortho intramolecular Hbond substituents is 1. The van der Waals surface area contributed by atoms with Crippen molar-refractivity contribution in [2.75, 3.05) is 7.11 Å². The summed E-state index contributed by atoms with van der Waals surface area (Å²) in [4.78, 5) is 12.3. The number of ether oxygens (including phenoxy) is 2. The molecule has 0 aliphatic carbocycles. The number of phenols is 1. The number of aromatic hydroxyl groups is 1. The van der Waals surface area contributed by atoms with E-state index < -0.39 is 0 Å². The molecule has 0 saturated carbocycles. The summed E-state index contributed by atoms with van der Waals surface area (Å²) in [6.45, 7) is 4.45. The van der Waals surface area contributed by atoms with Crippen molar-refractivity contribution in [2.24, 2.45) is 0 Å². The molecule has 3 rings (SSSR count). The maximum absolute atomic E-state index is 12.3. The average molecular weight is 388 g/mol. The minimum Gasteiger partial charge on any atom is -0.508 e. The highest BCUT2D eigenvalue weighted by atomic mass is 16.5. The Labute approximate surface area is 171 Å². The highest BCUT2D eigenvalue weighted by Gasteiger charge is 2.08. The van der Waals surface area contributed by atoms with Gasteiger partial charge in [0.1, 0.15) is 23.9 Å². The molecule has 3 aromatic rings. The van der Waals surface area contributed by atoms with Crippen LogP contribution in [0.2, 0.25) is 0 Å².